The molecule has 1 aromatic heterocycles. The molecule has 2 aliphatic rings. The predicted octanol–water partition coefficient (Wildman–Crippen LogP) is 3.54. The summed E-state index contributed by atoms with van der Waals surface area (Å²) in [5, 5.41) is 8.59. The topological polar surface area (TPSA) is 91.4 Å². The number of carbonyl (C=O) groups is 3. The fourth-order valence-electron chi connectivity index (χ4n) is 4.44. The number of thiazole rings is 1. The number of aryl methyl sites for hydroxylation is 2. The van der Waals surface area contributed by atoms with Crippen molar-refractivity contribution in [3.8, 4) is 11.3 Å². The van der Waals surface area contributed by atoms with E-state index in [4.69, 9.17) is 0 Å². The number of hydrogen-bond donors (Lipinski definition) is 2. The lowest BCUT2D eigenvalue weighted by Gasteiger charge is -2.32. The molecule has 0 saturated carbocycles. The Morgan fingerprint density at radius 2 is 2.00 bits per heavy atom. The molecule has 0 bridgehead atoms. The Balaban J connectivity index is 1.28. The number of carbonyl (C=O) groups excluding carboxylic acids is 3. The number of fused-ring (bicyclic) bond motifs is 1. The van der Waals surface area contributed by atoms with E-state index in [1.807, 2.05) is 48.7 Å². The van der Waals surface area contributed by atoms with E-state index < -0.39 is 17.5 Å². The molecular weight excluding hydrogens is 424 g/mol. The Hall–Kier alpha value is -3.52. The van der Waals surface area contributed by atoms with E-state index in [0.717, 1.165) is 26.7 Å². The first kappa shape index (κ1) is 20.4. The molecule has 32 heavy (non-hydrogen) atoms. The number of anilines is 1. The van der Waals surface area contributed by atoms with Crippen molar-refractivity contribution >= 4 is 34.9 Å². The van der Waals surface area contributed by atoms with Crippen LogP contribution in [-0.2, 0) is 22.4 Å². The zero-order chi connectivity index (χ0) is 22.3. The molecule has 1 saturated heterocycles. The standard InChI is InChI=1S/C24H22N4O3S/c1-15-25-20(14-32-15)17-7-4-8-19(11-17)26-21(29)13-28-22(30)24(27-23(28)31)10-9-16-5-2-3-6-18(16)12-24/h2-8,11,14H,9-10,12-13H2,1H3,(H,26,29)(H,27,31). The van der Waals surface area contributed by atoms with Crippen LogP contribution >= 0.6 is 11.3 Å². The molecule has 4 amide bonds. The van der Waals surface area contributed by atoms with Crippen molar-refractivity contribution in [2.45, 2.75) is 31.7 Å². The summed E-state index contributed by atoms with van der Waals surface area (Å²) in [6.45, 7) is 1.61. The van der Waals surface area contributed by atoms with E-state index in [9.17, 15) is 14.4 Å². The zero-order valence-electron chi connectivity index (χ0n) is 17.6. The average Bonchev–Trinajstić information content (AvgIpc) is 3.31. The van der Waals surface area contributed by atoms with Crippen LogP contribution < -0.4 is 10.6 Å². The summed E-state index contributed by atoms with van der Waals surface area (Å²) in [4.78, 5) is 44.0. The van der Waals surface area contributed by atoms with Gasteiger partial charge in [0, 0.05) is 23.1 Å². The summed E-state index contributed by atoms with van der Waals surface area (Å²) >= 11 is 1.56. The van der Waals surface area contributed by atoms with Gasteiger partial charge in [-0.15, -0.1) is 11.3 Å². The molecule has 2 heterocycles. The predicted molar refractivity (Wildman–Crippen MR) is 122 cm³/mol. The second-order valence-corrected chi connectivity index (χ2v) is 9.29. The van der Waals surface area contributed by atoms with E-state index in [2.05, 4.69) is 21.7 Å². The molecule has 5 rings (SSSR count). The Morgan fingerprint density at radius 1 is 1.19 bits per heavy atom. The van der Waals surface area contributed by atoms with Crippen LogP contribution in [0.1, 0.15) is 22.6 Å². The smallest absolute Gasteiger partial charge is 0.325 e. The first-order valence-electron chi connectivity index (χ1n) is 10.5. The van der Waals surface area contributed by atoms with Crippen LogP contribution in [0.15, 0.2) is 53.9 Å². The van der Waals surface area contributed by atoms with Gasteiger partial charge in [-0.2, -0.15) is 0 Å². The molecule has 1 aliphatic carbocycles. The van der Waals surface area contributed by atoms with Crippen molar-refractivity contribution in [2.24, 2.45) is 0 Å². The third-order valence-corrected chi connectivity index (χ3v) is 6.81. The lowest BCUT2D eigenvalue weighted by Crippen LogP contribution is -2.51. The largest absolute Gasteiger partial charge is 0.325 e. The fraction of sp³-hybridized carbons (Fsp3) is 0.250. The summed E-state index contributed by atoms with van der Waals surface area (Å²) in [6.07, 6.45) is 1.69. The Kier molecular flexibility index (Phi) is 5.01. The molecule has 8 heteroatoms. The molecule has 1 spiro atoms. The van der Waals surface area contributed by atoms with Gasteiger partial charge >= 0.3 is 6.03 Å². The molecule has 1 unspecified atom stereocenters. The second kappa shape index (κ2) is 7.87. The van der Waals surface area contributed by atoms with Gasteiger partial charge in [-0.25, -0.2) is 9.78 Å². The van der Waals surface area contributed by atoms with Crippen LogP contribution in [0.5, 0.6) is 0 Å². The van der Waals surface area contributed by atoms with Gasteiger partial charge in [-0.3, -0.25) is 14.5 Å². The van der Waals surface area contributed by atoms with Gasteiger partial charge < -0.3 is 10.6 Å². The highest BCUT2D eigenvalue weighted by Gasteiger charge is 2.52. The van der Waals surface area contributed by atoms with Gasteiger partial charge in [-0.05, 0) is 43.0 Å². The van der Waals surface area contributed by atoms with Crippen LogP contribution in [0.3, 0.4) is 0 Å². The second-order valence-electron chi connectivity index (χ2n) is 8.23. The number of amides is 4. The molecule has 162 valence electrons. The van der Waals surface area contributed by atoms with Crippen LogP contribution in [0, 0.1) is 6.92 Å². The van der Waals surface area contributed by atoms with Gasteiger partial charge in [0.15, 0.2) is 0 Å². The third kappa shape index (κ3) is 3.67. The highest BCUT2D eigenvalue weighted by Crippen LogP contribution is 2.33. The number of rotatable bonds is 4. The SMILES string of the molecule is Cc1nc(-c2cccc(NC(=O)CN3C(=O)NC4(CCc5ccccc5C4)C3=O)c2)cs1. The van der Waals surface area contributed by atoms with Crippen LogP contribution in [-0.4, -0.2) is 39.8 Å². The summed E-state index contributed by atoms with van der Waals surface area (Å²) in [5.74, 6) is -0.757. The van der Waals surface area contributed by atoms with Crippen LogP contribution in [0.4, 0.5) is 10.5 Å². The molecule has 1 fully saturated rings. The van der Waals surface area contributed by atoms with Crippen molar-refractivity contribution < 1.29 is 14.4 Å². The van der Waals surface area contributed by atoms with E-state index in [1.54, 1.807) is 17.4 Å². The number of hydrogen-bond acceptors (Lipinski definition) is 5. The van der Waals surface area contributed by atoms with Gasteiger partial charge in [0.1, 0.15) is 12.1 Å². The minimum atomic E-state index is -0.964. The molecule has 2 N–H and O–H groups in total. The van der Waals surface area contributed by atoms with Crippen molar-refractivity contribution in [3.63, 3.8) is 0 Å². The number of aromatic nitrogens is 1. The van der Waals surface area contributed by atoms with Gasteiger partial charge in [0.2, 0.25) is 5.91 Å². The first-order chi connectivity index (χ1) is 15.4. The number of benzene rings is 2. The highest BCUT2D eigenvalue weighted by atomic mass is 32.1. The normalized spacial score (nSPS) is 19.7. The van der Waals surface area contributed by atoms with E-state index in [1.165, 1.54) is 5.56 Å². The summed E-state index contributed by atoms with van der Waals surface area (Å²) in [6, 6.07) is 14.8. The molecule has 7 nitrogen and oxygen atoms in total. The molecule has 1 atom stereocenters. The number of urea groups is 1. The average molecular weight is 447 g/mol. The maximum absolute atomic E-state index is 13.2. The Morgan fingerprint density at radius 3 is 2.78 bits per heavy atom. The van der Waals surface area contributed by atoms with Gasteiger partial charge in [-0.1, -0.05) is 36.4 Å². The maximum atomic E-state index is 13.2. The minimum Gasteiger partial charge on any atom is -0.325 e. The quantitative estimate of drug-likeness (QED) is 0.600. The Labute approximate surface area is 189 Å². The van der Waals surface area contributed by atoms with Gasteiger partial charge in [0.25, 0.3) is 5.91 Å². The molecule has 2 aromatic carbocycles. The van der Waals surface area contributed by atoms with Gasteiger partial charge in [0.05, 0.1) is 10.7 Å². The Bertz CT molecular complexity index is 1240. The van der Waals surface area contributed by atoms with Crippen molar-refractivity contribution in [2.75, 3.05) is 11.9 Å². The van der Waals surface area contributed by atoms with Crippen molar-refractivity contribution in [1.82, 2.24) is 15.2 Å². The number of nitrogens with zero attached hydrogens (tertiary/aromatic N) is 2. The maximum Gasteiger partial charge on any atom is 0.325 e. The van der Waals surface area contributed by atoms with E-state index in [-0.39, 0.29) is 12.5 Å². The molecule has 1 aliphatic heterocycles. The van der Waals surface area contributed by atoms with Crippen LogP contribution in [0.25, 0.3) is 11.3 Å². The minimum absolute atomic E-state index is 0.325. The molecule has 3 aromatic rings. The first-order valence-corrected chi connectivity index (χ1v) is 11.3. The fourth-order valence-corrected chi connectivity index (χ4v) is 5.06. The number of nitrogens with one attached hydrogen (secondary N) is 2. The molecular formula is C24H22N4O3S. The highest BCUT2D eigenvalue weighted by molar-refractivity contribution is 7.09. The lowest BCUT2D eigenvalue weighted by atomic mass is 9.78. The van der Waals surface area contributed by atoms with Crippen molar-refractivity contribution in [1.29, 1.82) is 0 Å². The summed E-state index contributed by atoms with van der Waals surface area (Å²) in [5.41, 5.74) is 3.62. The number of imide groups is 1. The molecule has 0 radical (unpaired) electrons. The van der Waals surface area contributed by atoms with E-state index >= 15 is 0 Å². The summed E-state index contributed by atoms with van der Waals surface area (Å²) < 4.78 is 0. The monoisotopic (exact) mass is 446 g/mol. The van der Waals surface area contributed by atoms with Crippen LogP contribution in [0.2, 0.25) is 0 Å². The third-order valence-electron chi connectivity index (χ3n) is 6.04. The van der Waals surface area contributed by atoms with Crippen molar-refractivity contribution in [3.05, 3.63) is 70.0 Å². The lowest BCUT2D eigenvalue weighted by molar-refractivity contribution is -0.134. The van der Waals surface area contributed by atoms with E-state index in [0.29, 0.717) is 24.9 Å². The zero-order valence-corrected chi connectivity index (χ0v) is 18.4. The summed E-state index contributed by atoms with van der Waals surface area (Å²) in [7, 11) is 0.